The van der Waals surface area contributed by atoms with Crippen molar-refractivity contribution in [3.05, 3.63) is 59.7 Å². The highest BCUT2D eigenvalue weighted by Gasteiger charge is 2.21. The van der Waals surface area contributed by atoms with Gasteiger partial charge in [-0.3, -0.25) is 9.52 Å². The molecular weight excluding hydrogens is 360 g/mol. The first-order valence-electron chi connectivity index (χ1n) is 9.15. The Morgan fingerprint density at radius 2 is 1.78 bits per heavy atom. The fourth-order valence-electron chi connectivity index (χ4n) is 3.17. The van der Waals surface area contributed by atoms with Gasteiger partial charge in [0.15, 0.2) is 0 Å². The van der Waals surface area contributed by atoms with E-state index in [2.05, 4.69) is 25.5 Å². The second-order valence-electron chi connectivity index (χ2n) is 8.00. The molecule has 1 aliphatic rings. The highest BCUT2D eigenvalue weighted by atomic mass is 32.2. The van der Waals surface area contributed by atoms with Crippen LogP contribution in [0.4, 0.5) is 5.69 Å². The maximum atomic E-state index is 12.7. The molecule has 3 rings (SSSR count). The molecule has 2 aromatic carbocycles. The Kier molecular flexibility index (Phi) is 5.29. The summed E-state index contributed by atoms with van der Waals surface area (Å²) in [5.41, 5.74) is 2.46. The Morgan fingerprint density at radius 1 is 1.07 bits per heavy atom. The predicted molar refractivity (Wildman–Crippen MR) is 107 cm³/mol. The van der Waals surface area contributed by atoms with Crippen molar-refractivity contribution in [3.8, 4) is 0 Å². The van der Waals surface area contributed by atoms with E-state index in [-0.39, 0.29) is 16.2 Å². The molecule has 27 heavy (non-hydrogen) atoms. The second-order valence-corrected chi connectivity index (χ2v) is 9.68. The van der Waals surface area contributed by atoms with Crippen LogP contribution in [-0.2, 0) is 26.8 Å². The van der Waals surface area contributed by atoms with Gasteiger partial charge in [0.1, 0.15) is 0 Å². The van der Waals surface area contributed by atoms with Gasteiger partial charge >= 0.3 is 0 Å². The van der Waals surface area contributed by atoms with Crippen LogP contribution in [-0.4, -0.2) is 25.8 Å². The lowest BCUT2D eigenvalue weighted by atomic mass is 9.87. The number of nitrogens with one attached hydrogen (secondary N) is 1. The number of likely N-dealkylation sites (tertiary alicyclic amines) is 1. The molecule has 1 fully saturated rings. The Morgan fingerprint density at radius 3 is 2.37 bits per heavy atom. The Labute approximate surface area is 161 Å². The first-order chi connectivity index (χ1) is 12.6. The zero-order chi connectivity index (χ0) is 19.7. The molecule has 0 bridgehead atoms. The number of amides is 1. The summed E-state index contributed by atoms with van der Waals surface area (Å²) in [5.74, 6) is 0.153. The molecule has 6 heteroatoms. The van der Waals surface area contributed by atoms with Crippen LogP contribution < -0.4 is 4.72 Å². The van der Waals surface area contributed by atoms with Crippen molar-refractivity contribution in [1.29, 1.82) is 0 Å². The zero-order valence-electron chi connectivity index (χ0n) is 16.0. The number of nitrogens with zero attached hydrogens (tertiary/aromatic N) is 1. The van der Waals surface area contributed by atoms with Gasteiger partial charge in [-0.1, -0.05) is 45.0 Å². The number of rotatable bonds is 5. The molecule has 2 aromatic rings. The number of sulfonamides is 1. The van der Waals surface area contributed by atoms with E-state index in [9.17, 15) is 13.2 Å². The topological polar surface area (TPSA) is 66.5 Å². The summed E-state index contributed by atoms with van der Waals surface area (Å²) in [6.45, 7) is 7.53. The molecule has 0 atom stereocenters. The first kappa shape index (κ1) is 19.4. The van der Waals surface area contributed by atoms with E-state index < -0.39 is 10.0 Å². The molecule has 1 amide bonds. The van der Waals surface area contributed by atoms with Crippen molar-refractivity contribution in [3.63, 3.8) is 0 Å². The van der Waals surface area contributed by atoms with Crippen molar-refractivity contribution < 1.29 is 13.2 Å². The molecule has 0 spiro atoms. The lowest BCUT2D eigenvalue weighted by molar-refractivity contribution is -0.128. The average molecular weight is 387 g/mol. The van der Waals surface area contributed by atoms with Gasteiger partial charge in [-0.2, -0.15) is 0 Å². The predicted octanol–water partition coefficient (Wildman–Crippen LogP) is 3.91. The van der Waals surface area contributed by atoms with Crippen molar-refractivity contribution in [1.82, 2.24) is 4.90 Å². The van der Waals surface area contributed by atoms with Gasteiger partial charge in [0, 0.05) is 25.2 Å². The molecule has 1 N–H and O–H groups in total. The quantitative estimate of drug-likeness (QED) is 0.847. The highest BCUT2D eigenvalue weighted by Crippen LogP contribution is 2.25. The lowest BCUT2D eigenvalue weighted by Gasteiger charge is -2.19. The van der Waals surface area contributed by atoms with Gasteiger partial charge in [0.05, 0.1) is 4.90 Å². The van der Waals surface area contributed by atoms with E-state index in [4.69, 9.17) is 0 Å². The summed E-state index contributed by atoms with van der Waals surface area (Å²) in [4.78, 5) is 13.8. The van der Waals surface area contributed by atoms with E-state index in [0.717, 1.165) is 24.1 Å². The first-order valence-corrected chi connectivity index (χ1v) is 10.6. The van der Waals surface area contributed by atoms with Gasteiger partial charge in [0.2, 0.25) is 5.91 Å². The van der Waals surface area contributed by atoms with E-state index in [0.29, 0.717) is 18.7 Å². The standard InChI is InChI=1S/C21H26N2O3S/c1-21(2,3)17-9-11-19(12-10-17)27(25,26)22-18-7-4-6-16(14-18)15-23-13-5-8-20(23)24/h4,6-7,9-12,14,22H,5,8,13,15H2,1-3H3. The molecule has 0 radical (unpaired) electrons. The summed E-state index contributed by atoms with van der Waals surface area (Å²) in [7, 11) is -3.66. The number of hydrogen-bond donors (Lipinski definition) is 1. The number of benzene rings is 2. The third kappa shape index (κ3) is 4.69. The molecular formula is C21H26N2O3S. The largest absolute Gasteiger partial charge is 0.338 e. The van der Waals surface area contributed by atoms with Crippen LogP contribution in [0.2, 0.25) is 0 Å². The summed E-state index contributed by atoms with van der Waals surface area (Å²) in [6, 6.07) is 14.2. The maximum absolute atomic E-state index is 12.7. The summed E-state index contributed by atoms with van der Waals surface area (Å²) in [6.07, 6.45) is 1.48. The fraction of sp³-hybridized carbons (Fsp3) is 0.381. The second kappa shape index (κ2) is 7.35. The van der Waals surface area contributed by atoms with E-state index in [1.165, 1.54) is 0 Å². The summed E-state index contributed by atoms with van der Waals surface area (Å²) < 4.78 is 28.0. The van der Waals surface area contributed by atoms with Crippen LogP contribution in [0.25, 0.3) is 0 Å². The van der Waals surface area contributed by atoms with Crippen molar-refractivity contribution in [2.45, 2.75) is 50.5 Å². The maximum Gasteiger partial charge on any atom is 0.261 e. The average Bonchev–Trinajstić information content (AvgIpc) is 2.99. The van der Waals surface area contributed by atoms with Gasteiger partial charge < -0.3 is 4.90 Å². The van der Waals surface area contributed by atoms with Crippen molar-refractivity contribution in [2.24, 2.45) is 0 Å². The minimum Gasteiger partial charge on any atom is -0.338 e. The van der Waals surface area contributed by atoms with Gasteiger partial charge in [0.25, 0.3) is 10.0 Å². The number of carbonyl (C=O) groups excluding carboxylic acids is 1. The smallest absolute Gasteiger partial charge is 0.261 e. The molecule has 5 nitrogen and oxygen atoms in total. The monoisotopic (exact) mass is 386 g/mol. The van der Waals surface area contributed by atoms with Crippen LogP contribution in [0, 0.1) is 0 Å². The molecule has 0 aromatic heterocycles. The molecule has 0 saturated carbocycles. The lowest BCUT2D eigenvalue weighted by Crippen LogP contribution is -2.23. The third-order valence-corrected chi connectivity index (χ3v) is 6.15. The minimum atomic E-state index is -3.66. The zero-order valence-corrected chi connectivity index (χ0v) is 16.8. The highest BCUT2D eigenvalue weighted by molar-refractivity contribution is 7.92. The fourth-order valence-corrected chi connectivity index (χ4v) is 4.22. The summed E-state index contributed by atoms with van der Waals surface area (Å²) >= 11 is 0. The van der Waals surface area contributed by atoms with Gasteiger partial charge in [-0.15, -0.1) is 0 Å². The minimum absolute atomic E-state index is 0.0307. The van der Waals surface area contributed by atoms with Crippen LogP contribution in [0.5, 0.6) is 0 Å². The van der Waals surface area contributed by atoms with Crippen molar-refractivity contribution >= 4 is 21.6 Å². The number of carbonyl (C=O) groups is 1. The SMILES string of the molecule is CC(C)(C)c1ccc(S(=O)(=O)Nc2cccc(CN3CCCC3=O)c2)cc1. The molecule has 0 unspecified atom stereocenters. The molecule has 144 valence electrons. The molecule has 0 aliphatic carbocycles. The van der Waals surface area contributed by atoms with Crippen LogP contribution >= 0.6 is 0 Å². The molecule has 1 aliphatic heterocycles. The summed E-state index contributed by atoms with van der Waals surface area (Å²) in [5, 5.41) is 0. The van der Waals surface area contributed by atoms with E-state index in [1.54, 1.807) is 35.2 Å². The third-order valence-electron chi connectivity index (χ3n) is 4.75. The van der Waals surface area contributed by atoms with Crippen LogP contribution in [0.15, 0.2) is 53.4 Å². The van der Waals surface area contributed by atoms with E-state index in [1.807, 2.05) is 18.2 Å². The molecule has 1 saturated heterocycles. The Hall–Kier alpha value is -2.34. The van der Waals surface area contributed by atoms with Gasteiger partial charge in [-0.25, -0.2) is 8.42 Å². The van der Waals surface area contributed by atoms with Gasteiger partial charge in [-0.05, 0) is 47.2 Å². The van der Waals surface area contributed by atoms with E-state index >= 15 is 0 Å². The molecule has 1 heterocycles. The normalized spacial score (nSPS) is 15.2. The number of hydrogen-bond acceptors (Lipinski definition) is 3. The number of anilines is 1. The van der Waals surface area contributed by atoms with Crippen LogP contribution in [0.3, 0.4) is 0 Å². The van der Waals surface area contributed by atoms with Crippen molar-refractivity contribution in [2.75, 3.05) is 11.3 Å². The Balaban J connectivity index is 1.75. The van der Waals surface area contributed by atoms with Crippen LogP contribution in [0.1, 0.15) is 44.7 Å². The Bertz CT molecular complexity index is 929.